The number of ether oxygens (including phenoxy) is 2. The standard InChI is InChI=1S/C18H20ClO3P/c1-18(2,3)22-12-8-10-13(11-9-12)23-17(20)16-14(19)6-5-7-15(16)21-4/h5-11,23H,1-4H3. The lowest BCUT2D eigenvalue weighted by molar-refractivity contribution is 0.108. The van der Waals surface area contributed by atoms with Crippen LogP contribution in [0.15, 0.2) is 42.5 Å². The fourth-order valence-corrected chi connectivity index (χ4v) is 3.36. The smallest absolute Gasteiger partial charge is 0.190 e. The second-order valence-electron chi connectivity index (χ2n) is 6.01. The van der Waals surface area contributed by atoms with Crippen LogP contribution < -0.4 is 14.8 Å². The third kappa shape index (κ3) is 4.95. The van der Waals surface area contributed by atoms with Gasteiger partial charge in [0.2, 0.25) is 0 Å². The summed E-state index contributed by atoms with van der Waals surface area (Å²) in [6, 6.07) is 12.8. The zero-order chi connectivity index (χ0) is 17.0. The molecule has 0 heterocycles. The number of carbonyl (C=O) groups is 1. The number of hydrogen-bond donors (Lipinski definition) is 0. The van der Waals surface area contributed by atoms with E-state index in [1.807, 2.05) is 45.0 Å². The van der Waals surface area contributed by atoms with Crippen LogP contribution in [0.4, 0.5) is 0 Å². The van der Waals surface area contributed by atoms with Gasteiger partial charge in [-0.1, -0.05) is 29.8 Å². The first-order chi connectivity index (χ1) is 10.8. The van der Waals surface area contributed by atoms with Crippen LogP contribution in [0.2, 0.25) is 5.02 Å². The first-order valence-electron chi connectivity index (χ1n) is 7.23. The molecule has 2 aromatic rings. The van der Waals surface area contributed by atoms with E-state index >= 15 is 0 Å². The van der Waals surface area contributed by atoms with Crippen LogP contribution in [0, 0.1) is 0 Å². The summed E-state index contributed by atoms with van der Waals surface area (Å²) in [6.45, 7) is 5.99. The van der Waals surface area contributed by atoms with Crippen molar-refractivity contribution in [1.29, 1.82) is 0 Å². The highest BCUT2D eigenvalue weighted by Crippen LogP contribution is 2.32. The number of rotatable bonds is 5. The summed E-state index contributed by atoms with van der Waals surface area (Å²) in [7, 11) is 1.51. The number of carbonyl (C=O) groups excluding carboxylic acids is 1. The van der Waals surface area contributed by atoms with E-state index in [4.69, 9.17) is 21.1 Å². The Morgan fingerprint density at radius 2 is 1.74 bits per heavy atom. The highest BCUT2D eigenvalue weighted by Gasteiger charge is 2.17. The van der Waals surface area contributed by atoms with Crippen LogP contribution in [0.5, 0.6) is 11.5 Å². The molecule has 0 radical (unpaired) electrons. The first kappa shape index (κ1) is 17.8. The number of halogens is 1. The quantitative estimate of drug-likeness (QED) is 0.735. The minimum atomic E-state index is -0.245. The second-order valence-corrected chi connectivity index (χ2v) is 7.70. The predicted octanol–water partition coefficient (Wildman–Crippen LogP) is 4.67. The van der Waals surface area contributed by atoms with Crippen molar-refractivity contribution in [1.82, 2.24) is 0 Å². The van der Waals surface area contributed by atoms with Crippen LogP contribution in [0.25, 0.3) is 0 Å². The molecule has 2 aromatic carbocycles. The first-order valence-corrected chi connectivity index (χ1v) is 8.61. The molecular formula is C18H20ClO3P. The van der Waals surface area contributed by atoms with Crippen molar-refractivity contribution in [3.63, 3.8) is 0 Å². The molecule has 0 aliphatic carbocycles. The van der Waals surface area contributed by atoms with Crippen LogP contribution in [0.3, 0.4) is 0 Å². The van der Waals surface area contributed by atoms with Gasteiger partial charge in [-0.2, -0.15) is 0 Å². The Morgan fingerprint density at radius 1 is 1.09 bits per heavy atom. The topological polar surface area (TPSA) is 35.5 Å². The van der Waals surface area contributed by atoms with Gasteiger partial charge in [0.1, 0.15) is 17.1 Å². The predicted molar refractivity (Wildman–Crippen MR) is 97.1 cm³/mol. The Morgan fingerprint density at radius 3 is 2.30 bits per heavy atom. The van der Waals surface area contributed by atoms with Crippen molar-refractivity contribution in [2.75, 3.05) is 7.11 Å². The summed E-state index contributed by atoms with van der Waals surface area (Å²) in [4.78, 5) is 12.5. The van der Waals surface area contributed by atoms with Crippen molar-refractivity contribution in [3.05, 3.63) is 53.1 Å². The van der Waals surface area contributed by atoms with E-state index in [1.54, 1.807) is 18.2 Å². The molecule has 122 valence electrons. The molecule has 3 nitrogen and oxygen atoms in total. The Kier molecular flexibility index (Phi) is 5.67. The third-order valence-electron chi connectivity index (χ3n) is 2.96. The molecule has 5 heteroatoms. The molecule has 0 saturated carbocycles. The molecule has 0 aliphatic rings. The van der Waals surface area contributed by atoms with Crippen LogP contribution in [0.1, 0.15) is 31.1 Å². The van der Waals surface area contributed by atoms with Gasteiger partial charge in [-0.05, 0) is 58.9 Å². The number of hydrogen-bond acceptors (Lipinski definition) is 3. The summed E-state index contributed by atoms with van der Waals surface area (Å²) in [5.41, 5.74) is 0.145. The fraction of sp³-hybridized carbons (Fsp3) is 0.278. The SMILES string of the molecule is COc1cccc(Cl)c1C(=O)Pc1ccc(OC(C)(C)C)cc1. The van der Waals surface area contributed by atoms with Gasteiger partial charge in [0.25, 0.3) is 0 Å². The van der Waals surface area contributed by atoms with Crippen molar-refractivity contribution in [2.45, 2.75) is 26.4 Å². The summed E-state index contributed by atoms with van der Waals surface area (Å²) in [5, 5.41) is 1.34. The average molecular weight is 351 g/mol. The summed E-state index contributed by atoms with van der Waals surface area (Å²) in [5.74, 6) is 1.29. The zero-order valence-corrected chi connectivity index (χ0v) is 15.4. The maximum atomic E-state index is 12.5. The van der Waals surface area contributed by atoms with E-state index in [1.165, 1.54) is 7.11 Å². The number of benzene rings is 2. The third-order valence-corrected chi connectivity index (χ3v) is 4.37. The van der Waals surface area contributed by atoms with Crippen LogP contribution in [-0.2, 0) is 0 Å². The molecular weight excluding hydrogens is 331 g/mol. The van der Waals surface area contributed by atoms with E-state index in [9.17, 15) is 4.79 Å². The van der Waals surface area contributed by atoms with Gasteiger partial charge >= 0.3 is 0 Å². The summed E-state index contributed by atoms with van der Waals surface area (Å²) < 4.78 is 11.0. The molecule has 0 N–H and O–H groups in total. The van der Waals surface area contributed by atoms with Gasteiger partial charge in [-0.25, -0.2) is 0 Å². The summed E-state index contributed by atoms with van der Waals surface area (Å²) in [6.07, 6.45) is 0. The Balaban J connectivity index is 2.15. The highest BCUT2D eigenvalue weighted by atomic mass is 35.5. The van der Waals surface area contributed by atoms with E-state index < -0.39 is 0 Å². The van der Waals surface area contributed by atoms with Crippen molar-refractivity contribution in [3.8, 4) is 11.5 Å². The molecule has 0 aliphatic heterocycles. The number of methoxy groups -OCH3 is 1. The minimum absolute atomic E-state index is 0.0230. The highest BCUT2D eigenvalue weighted by molar-refractivity contribution is 7.66. The van der Waals surface area contributed by atoms with Crippen LogP contribution >= 0.6 is 20.2 Å². The minimum Gasteiger partial charge on any atom is -0.496 e. The monoisotopic (exact) mass is 350 g/mol. The molecule has 0 aromatic heterocycles. The summed E-state index contributed by atoms with van der Waals surface area (Å²) >= 11 is 6.15. The Bertz CT molecular complexity index is 690. The van der Waals surface area contributed by atoms with E-state index in [0.29, 0.717) is 16.3 Å². The lowest BCUT2D eigenvalue weighted by Crippen LogP contribution is -2.23. The Hall–Kier alpha value is -1.57. The van der Waals surface area contributed by atoms with Crippen molar-refractivity contribution in [2.24, 2.45) is 0 Å². The zero-order valence-electron chi connectivity index (χ0n) is 13.6. The largest absolute Gasteiger partial charge is 0.496 e. The normalized spacial score (nSPS) is 11.7. The molecule has 0 saturated heterocycles. The van der Waals surface area contributed by atoms with Gasteiger partial charge < -0.3 is 9.47 Å². The van der Waals surface area contributed by atoms with Crippen LogP contribution in [-0.4, -0.2) is 18.2 Å². The maximum Gasteiger partial charge on any atom is 0.190 e. The van der Waals surface area contributed by atoms with E-state index in [-0.39, 0.29) is 19.7 Å². The van der Waals surface area contributed by atoms with Crippen molar-refractivity contribution < 1.29 is 14.3 Å². The molecule has 0 bridgehead atoms. The van der Waals surface area contributed by atoms with Gasteiger partial charge in [-0.15, -0.1) is 0 Å². The Labute approximate surface area is 143 Å². The molecule has 2 rings (SSSR count). The van der Waals surface area contributed by atoms with Gasteiger partial charge in [-0.3, -0.25) is 4.79 Å². The van der Waals surface area contributed by atoms with Crippen molar-refractivity contribution >= 4 is 31.0 Å². The molecule has 0 spiro atoms. The molecule has 0 fully saturated rings. The van der Waals surface area contributed by atoms with E-state index in [0.717, 1.165) is 11.1 Å². The maximum absolute atomic E-state index is 12.5. The molecule has 1 atom stereocenters. The van der Waals surface area contributed by atoms with Gasteiger partial charge in [0.05, 0.1) is 17.7 Å². The van der Waals surface area contributed by atoms with Gasteiger partial charge in [0.15, 0.2) is 5.52 Å². The lowest BCUT2D eigenvalue weighted by Gasteiger charge is -2.21. The fourth-order valence-electron chi connectivity index (χ4n) is 2.05. The molecule has 23 heavy (non-hydrogen) atoms. The van der Waals surface area contributed by atoms with E-state index in [2.05, 4.69) is 0 Å². The van der Waals surface area contributed by atoms with Gasteiger partial charge in [0, 0.05) is 0 Å². The molecule has 0 amide bonds. The average Bonchev–Trinajstić information content (AvgIpc) is 2.47. The second kappa shape index (κ2) is 7.33. The molecule has 1 unspecified atom stereocenters. The lowest BCUT2D eigenvalue weighted by atomic mass is 10.2.